The zero-order valence-corrected chi connectivity index (χ0v) is 28.3. The molecule has 0 aliphatic rings. The Bertz CT molecular complexity index is 1790. The van der Waals surface area contributed by atoms with E-state index in [2.05, 4.69) is 213 Å². The maximum absolute atomic E-state index is 2.80. The first-order valence-electron chi connectivity index (χ1n) is 15.4. The van der Waals surface area contributed by atoms with Crippen LogP contribution < -0.4 is 30.6 Å². The highest BCUT2D eigenvalue weighted by Crippen LogP contribution is 2.65. The molecule has 0 bridgehead atoms. The molecule has 45 heavy (non-hydrogen) atoms. The van der Waals surface area contributed by atoms with Gasteiger partial charge < -0.3 is 4.67 Å². The summed E-state index contributed by atoms with van der Waals surface area (Å²) in [5.41, 5.74) is 7.72. The average Bonchev–Trinajstić information content (AvgIpc) is 3.11. The smallest absolute Gasteiger partial charge is 0.197 e. The first kappa shape index (κ1) is 30.7. The van der Waals surface area contributed by atoms with Gasteiger partial charge in [-0.3, -0.25) is 0 Å². The van der Waals surface area contributed by atoms with Crippen LogP contribution in [0.25, 0.3) is 0 Å². The predicted molar refractivity (Wildman–Crippen MR) is 203 cm³/mol. The maximum atomic E-state index is 2.80. The quantitative estimate of drug-likeness (QED) is 0.149. The van der Waals surface area contributed by atoms with Crippen molar-refractivity contribution in [3.8, 4) is 0 Å². The molecular weight excluding hydrogens is 582 g/mol. The Morgan fingerprint density at radius 2 is 0.800 bits per heavy atom. The summed E-state index contributed by atoms with van der Waals surface area (Å²) in [5.74, 6) is 0. The lowest BCUT2D eigenvalue weighted by Crippen LogP contribution is -2.39. The molecule has 0 aliphatic carbocycles. The molecule has 4 heteroatoms. The number of aryl methyl sites for hydroxylation is 2. The molecule has 0 unspecified atom stereocenters. The van der Waals surface area contributed by atoms with Crippen LogP contribution in [0, 0.1) is 13.8 Å². The summed E-state index contributed by atoms with van der Waals surface area (Å²) in [6.45, 7) is 4.31. The summed E-state index contributed by atoms with van der Waals surface area (Å²) in [7, 11) is -0.304. The lowest BCUT2D eigenvalue weighted by molar-refractivity contribution is 1.32. The Hall–Kier alpha value is -4.35. The standard InChI is InChI=1S/C41H41N2P2/c1-34-25-29-36(30-26-34)42(3)44(38-17-9-5-10-18-38,39-19-11-6-12-20-39)33-45(40-21-13-7-14-22-40,41-23-15-8-16-24-41)43(4)37-31-27-35(2)28-32-37/h5-33H,1-4H3/q+1. The van der Waals surface area contributed by atoms with Gasteiger partial charge >= 0.3 is 0 Å². The molecule has 0 aromatic heterocycles. The first-order valence-corrected chi connectivity index (χ1v) is 19.1. The van der Waals surface area contributed by atoms with Crippen molar-refractivity contribution in [3.05, 3.63) is 181 Å². The highest BCUT2D eigenvalue weighted by molar-refractivity contribution is 8.14. The third-order valence-corrected chi connectivity index (χ3v) is 18.1. The maximum Gasteiger partial charge on any atom is 0.197 e. The molecule has 0 amide bonds. The molecule has 0 saturated carbocycles. The second-order valence-electron chi connectivity index (χ2n) is 11.5. The Balaban J connectivity index is 1.83. The topological polar surface area (TPSA) is 6.48 Å². The van der Waals surface area contributed by atoms with Crippen molar-refractivity contribution < 1.29 is 0 Å². The number of hydrogen-bond donors (Lipinski definition) is 0. The SMILES string of the molecule is Cc1ccc(N(C)P(=C[P+](c2ccccc2)(c2ccccc2)N(C)c2ccc(C)cc2)(c2ccccc2)c2ccccc2)cc1. The molecule has 0 fully saturated rings. The summed E-state index contributed by atoms with van der Waals surface area (Å²) >= 11 is 0. The van der Waals surface area contributed by atoms with E-state index in [1.165, 1.54) is 43.7 Å². The summed E-state index contributed by atoms with van der Waals surface area (Å²) in [4.78, 5) is 0. The van der Waals surface area contributed by atoms with Crippen molar-refractivity contribution in [1.82, 2.24) is 0 Å². The molecule has 0 heterocycles. The lowest BCUT2D eigenvalue weighted by atomic mass is 10.2. The van der Waals surface area contributed by atoms with Crippen LogP contribution in [0.15, 0.2) is 170 Å². The van der Waals surface area contributed by atoms with Crippen molar-refractivity contribution in [2.75, 3.05) is 23.4 Å². The van der Waals surface area contributed by atoms with Gasteiger partial charge in [-0.05, 0) is 62.4 Å². The normalized spacial score (nSPS) is 11.6. The van der Waals surface area contributed by atoms with Gasteiger partial charge in [0.25, 0.3) is 0 Å². The Kier molecular flexibility index (Phi) is 9.09. The van der Waals surface area contributed by atoms with Gasteiger partial charge in [0, 0.05) is 30.4 Å². The van der Waals surface area contributed by atoms with Crippen LogP contribution in [0.5, 0.6) is 0 Å². The Morgan fingerprint density at radius 1 is 0.444 bits per heavy atom. The van der Waals surface area contributed by atoms with E-state index < -0.39 is 14.4 Å². The summed E-state index contributed by atoms with van der Waals surface area (Å²) in [6, 6.07) is 62.7. The van der Waals surface area contributed by atoms with Crippen molar-refractivity contribution in [2.45, 2.75) is 13.8 Å². The number of rotatable bonds is 9. The van der Waals surface area contributed by atoms with E-state index in [9.17, 15) is 0 Å². The van der Waals surface area contributed by atoms with Gasteiger partial charge in [0.05, 0.1) is 12.7 Å². The molecule has 224 valence electrons. The predicted octanol–water partition coefficient (Wildman–Crippen LogP) is 8.80. The average molecular weight is 624 g/mol. The van der Waals surface area contributed by atoms with E-state index in [4.69, 9.17) is 0 Å². The largest absolute Gasteiger partial charge is 0.345 e. The van der Waals surface area contributed by atoms with Crippen LogP contribution in [0.4, 0.5) is 11.4 Å². The highest BCUT2D eigenvalue weighted by Gasteiger charge is 2.50. The van der Waals surface area contributed by atoms with E-state index >= 15 is 0 Å². The number of nitrogens with zero attached hydrogens (tertiary/aromatic N) is 2. The van der Waals surface area contributed by atoms with Crippen molar-refractivity contribution in [1.29, 1.82) is 0 Å². The summed E-state index contributed by atoms with van der Waals surface area (Å²) < 4.78 is 5.17. The fraction of sp³-hybridized carbons (Fsp3) is 0.0976. The number of benzene rings is 6. The molecule has 0 N–H and O–H groups in total. The van der Waals surface area contributed by atoms with E-state index in [1.54, 1.807) is 0 Å². The minimum Gasteiger partial charge on any atom is -0.345 e. The number of anilines is 2. The fourth-order valence-corrected chi connectivity index (χ4v) is 17.0. The Morgan fingerprint density at radius 3 is 1.20 bits per heavy atom. The van der Waals surface area contributed by atoms with Crippen LogP contribution in [0.2, 0.25) is 0 Å². The minimum absolute atomic E-state index is 1.20. The first-order chi connectivity index (χ1) is 21.9. The van der Waals surface area contributed by atoms with E-state index in [0.29, 0.717) is 0 Å². The zero-order chi connectivity index (χ0) is 31.3. The molecule has 0 radical (unpaired) electrons. The summed E-state index contributed by atoms with van der Waals surface area (Å²) in [6.07, 6.45) is 0. The molecule has 0 saturated heterocycles. The van der Waals surface area contributed by atoms with Crippen molar-refractivity contribution >= 4 is 52.6 Å². The molecule has 6 aromatic rings. The highest BCUT2D eigenvalue weighted by atomic mass is 31.2. The van der Waals surface area contributed by atoms with Crippen LogP contribution >= 0.6 is 14.4 Å². The second kappa shape index (κ2) is 13.3. The molecule has 2 nitrogen and oxygen atoms in total. The lowest BCUT2D eigenvalue weighted by Gasteiger charge is -2.41. The van der Waals surface area contributed by atoms with E-state index in [1.807, 2.05) is 0 Å². The van der Waals surface area contributed by atoms with Crippen LogP contribution in [0.3, 0.4) is 0 Å². The molecule has 6 aromatic carbocycles. The van der Waals surface area contributed by atoms with Gasteiger partial charge in [0.2, 0.25) is 0 Å². The van der Waals surface area contributed by atoms with Gasteiger partial charge in [-0.15, -0.1) is 0 Å². The minimum atomic E-state index is -2.45. The van der Waals surface area contributed by atoms with E-state index in [0.717, 1.165) is 0 Å². The van der Waals surface area contributed by atoms with Gasteiger partial charge in [0.15, 0.2) is 7.41 Å². The van der Waals surface area contributed by atoms with Gasteiger partial charge in [-0.25, -0.2) is 4.67 Å². The molecular formula is C41H41N2P2+. The fourth-order valence-electron chi connectivity index (χ4n) is 6.16. The Labute approximate surface area is 270 Å². The van der Waals surface area contributed by atoms with Crippen molar-refractivity contribution in [2.24, 2.45) is 0 Å². The molecule has 6 rings (SSSR count). The van der Waals surface area contributed by atoms with E-state index in [-0.39, 0.29) is 0 Å². The molecule has 0 aliphatic heterocycles. The van der Waals surface area contributed by atoms with Crippen molar-refractivity contribution in [3.63, 3.8) is 0 Å². The third-order valence-electron chi connectivity index (χ3n) is 8.70. The van der Waals surface area contributed by atoms with Crippen LogP contribution in [-0.4, -0.2) is 19.6 Å². The summed E-state index contributed by atoms with van der Waals surface area (Å²) in [5, 5.41) is 5.31. The molecule has 0 atom stereocenters. The second-order valence-corrected chi connectivity index (χ2v) is 18.5. The van der Waals surface area contributed by atoms with Gasteiger partial charge in [-0.2, -0.15) is 0 Å². The zero-order valence-electron chi connectivity index (χ0n) is 26.5. The van der Waals surface area contributed by atoms with Crippen LogP contribution in [0.1, 0.15) is 11.1 Å². The number of hydrogen-bond acceptors (Lipinski definition) is 2. The monoisotopic (exact) mass is 623 g/mol. The van der Waals surface area contributed by atoms with Crippen LogP contribution in [-0.2, 0) is 0 Å². The van der Waals surface area contributed by atoms with Gasteiger partial charge in [-0.1, -0.05) is 132 Å². The third kappa shape index (κ3) is 5.89. The molecule has 0 spiro atoms. The van der Waals surface area contributed by atoms with Gasteiger partial charge in [0.1, 0.15) is 16.1 Å².